The van der Waals surface area contributed by atoms with Gasteiger partial charge in [-0.3, -0.25) is 80.5 Å². The van der Waals surface area contributed by atoms with Crippen LogP contribution >= 0.6 is 48.0 Å². The molecule has 284 valence electrons. The minimum Gasteiger partial charge on any atom is -0.293 e. The molecule has 0 spiro atoms. The zero-order chi connectivity index (χ0) is 39.4. The molecule has 2 aliphatic rings. The number of unbranched alkanes of at least 4 members (excludes halogenated alkanes) is 4. The van der Waals surface area contributed by atoms with Gasteiger partial charge < -0.3 is 0 Å². The summed E-state index contributed by atoms with van der Waals surface area (Å²) in [6.07, 6.45) is 3.00. The summed E-state index contributed by atoms with van der Waals surface area (Å²) in [4.78, 5) is 99.4. The third-order valence-electron chi connectivity index (χ3n) is 7.80. The van der Waals surface area contributed by atoms with Crippen molar-refractivity contribution in [1.29, 1.82) is 0 Å². The number of para-hydroxylation sites is 2. The van der Waals surface area contributed by atoms with E-state index in [-0.39, 0.29) is 55.5 Å². The van der Waals surface area contributed by atoms with Crippen molar-refractivity contribution in [3.8, 4) is 0 Å². The lowest BCUT2D eigenvalue weighted by molar-refractivity contribution is -0.385. The summed E-state index contributed by atoms with van der Waals surface area (Å²) in [6, 6.07) is 10.7. The second-order valence-electron chi connectivity index (χ2n) is 11.5. The maximum absolute atomic E-state index is 13.2. The number of amides is 6. The van der Waals surface area contributed by atoms with Crippen molar-refractivity contribution in [2.24, 2.45) is 0 Å². The van der Waals surface area contributed by atoms with Gasteiger partial charge in [-0.15, -0.1) is 0 Å². The highest BCUT2D eigenvalue weighted by Gasteiger charge is 2.41. The molecule has 2 saturated heterocycles. The van der Waals surface area contributed by atoms with Gasteiger partial charge in [0.1, 0.15) is 19.8 Å². The number of thiocarbonyl (C=S) groups is 2. The molecule has 0 bridgehead atoms. The first kappa shape index (κ1) is 41.4. The highest BCUT2D eigenvalue weighted by molar-refractivity contribution is 8.29. The van der Waals surface area contributed by atoms with Crippen molar-refractivity contribution in [2.75, 3.05) is 13.1 Å². The SMILES string of the molecule is O=C(CCCCCN1C(=O)/C(=C2\SC(=S)N(CCCCCC(=O)NNC(=O)c3ccccc3[N+](=O)[O-])C2=O)SC1=S)NNC(=O)c1ccccc1[N+](=O)[O-]. The van der Waals surface area contributed by atoms with Crippen LogP contribution in [0.3, 0.4) is 0 Å². The number of thioether (sulfide) groups is 2. The maximum atomic E-state index is 13.2. The lowest BCUT2D eigenvalue weighted by atomic mass is 10.1. The molecule has 18 nitrogen and oxygen atoms in total. The van der Waals surface area contributed by atoms with Crippen molar-refractivity contribution in [3.05, 3.63) is 89.7 Å². The predicted octanol–water partition coefficient (Wildman–Crippen LogP) is 3.78. The molecule has 2 aromatic rings. The van der Waals surface area contributed by atoms with E-state index in [1.807, 2.05) is 0 Å². The Morgan fingerprint density at radius 1 is 0.593 bits per heavy atom. The number of nitro groups is 2. The Hall–Kier alpha value is -5.32. The largest absolute Gasteiger partial charge is 0.293 e. The molecule has 2 fully saturated rings. The summed E-state index contributed by atoms with van der Waals surface area (Å²) < 4.78 is 0.569. The van der Waals surface area contributed by atoms with Crippen LogP contribution in [-0.2, 0) is 19.2 Å². The lowest BCUT2D eigenvalue weighted by Crippen LogP contribution is -2.41. The van der Waals surface area contributed by atoms with Crippen LogP contribution in [-0.4, -0.2) is 76.8 Å². The predicted molar refractivity (Wildman–Crippen MR) is 205 cm³/mol. The zero-order valence-corrected chi connectivity index (χ0v) is 31.5. The first-order valence-electron chi connectivity index (χ1n) is 16.3. The van der Waals surface area contributed by atoms with E-state index in [0.717, 1.165) is 23.5 Å². The number of nitro benzene ring substituents is 2. The quantitative estimate of drug-likeness (QED) is 0.0620. The standard InChI is InChI=1S/C32H32N8O10S4/c41-23(33-35-27(43)19-11-5-7-13-21(19)39(47)48)15-3-1-9-17-37-29(45)25(53-31(37)51)26-30(46)38(32(52)54-26)18-10-2-4-16-24(42)34-36-28(44)20-12-6-8-14-22(20)40(49)50/h5-8,11-14H,1-4,9-10,15-18H2,(H,33,41)(H,34,42)(H,35,43)(H,36,44)/b26-25+. The summed E-state index contributed by atoms with van der Waals surface area (Å²) in [7, 11) is 0. The van der Waals surface area contributed by atoms with Gasteiger partial charge in [-0.25, -0.2) is 0 Å². The molecule has 6 amide bonds. The topological polar surface area (TPSA) is 243 Å². The first-order valence-corrected chi connectivity index (χ1v) is 18.7. The average Bonchev–Trinajstić information content (AvgIpc) is 3.60. The molecule has 0 atom stereocenters. The number of carbonyl (C=O) groups is 6. The fraction of sp³-hybridized carbons (Fsp3) is 0.312. The van der Waals surface area contributed by atoms with Gasteiger partial charge in [-0.2, -0.15) is 0 Å². The molecule has 0 aliphatic carbocycles. The van der Waals surface area contributed by atoms with Crippen molar-refractivity contribution in [1.82, 2.24) is 31.5 Å². The third kappa shape index (κ3) is 10.9. The Bertz CT molecular complexity index is 1810. The lowest BCUT2D eigenvalue weighted by Gasteiger charge is -2.14. The van der Waals surface area contributed by atoms with Crippen LogP contribution in [0, 0.1) is 20.2 Å². The molecule has 54 heavy (non-hydrogen) atoms. The average molecular weight is 817 g/mol. The van der Waals surface area contributed by atoms with Gasteiger partial charge in [0.05, 0.1) is 19.7 Å². The number of hydrogen-bond acceptors (Lipinski definition) is 14. The van der Waals surface area contributed by atoms with E-state index >= 15 is 0 Å². The highest BCUT2D eigenvalue weighted by Crippen LogP contribution is 2.42. The minimum absolute atomic E-state index is 0.0483. The molecule has 2 aliphatic heterocycles. The van der Waals surface area contributed by atoms with Gasteiger partial charge in [0.15, 0.2) is 0 Å². The fourth-order valence-corrected chi connectivity index (χ4v) is 7.85. The Morgan fingerprint density at radius 3 is 1.33 bits per heavy atom. The van der Waals surface area contributed by atoms with Gasteiger partial charge in [-0.05, 0) is 37.8 Å². The van der Waals surface area contributed by atoms with Crippen molar-refractivity contribution in [3.63, 3.8) is 0 Å². The molecule has 0 saturated carbocycles. The van der Waals surface area contributed by atoms with Crippen molar-refractivity contribution < 1.29 is 38.6 Å². The van der Waals surface area contributed by atoms with Crippen LogP contribution < -0.4 is 21.7 Å². The number of hydrazine groups is 2. The Balaban J connectivity index is 1.14. The molecule has 22 heteroatoms. The molecule has 0 radical (unpaired) electrons. The summed E-state index contributed by atoms with van der Waals surface area (Å²) in [6.45, 7) is 0.516. The smallest absolute Gasteiger partial charge is 0.282 e. The Kier molecular flexibility index (Phi) is 15.1. The molecule has 2 aromatic carbocycles. The summed E-state index contributed by atoms with van der Waals surface area (Å²) >= 11 is 12.8. The second kappa shape index (κ2) is 19.7. The van der Waals surface area contributed by atoms with Gasteiger partial charge in [0.2, 0.25) is 11.8 Å². The highest BCUT2D eigenvalue weighted by atomic mass is 32.2. The van der Waals surface area contributed by atoms with Crippen LogP contribution in [0.25, 0.3) is 0 Å². The van der Waals surface area contributed by atoms with E-state index in [9.17, 15) is 49.0 Å². The van der Waals surface area contributed by atoms with E-state index in [1.54, 1.807) is 0 Å². The fourth-order valence-electron chi connectivity index (χ4n) is 5.08. The van der Waals surface area contributed by atoms with Crippen LogP contribution in [0.15, 0.2) is 58.3 Å². The van der Waals surface area contributed by atoms with Gasteiger partial charge >= 0.3 is 0 Å². The molecule has 0 aromatic heterocycles. The van der Waals surface area contributed by atoms with Gasteiger partial charge in [0, 0.05) is 38.1 Å². The van der Waals surface area contributed by atoms with Crippen LogP contribution in [0.2, 0.25) is 0 Å². The number of nitrogens with one attached hydrogen (secondary N) is 4. The molecule has 4 N–H and O–H groups in total. The number of carbonyl (C=O) groups excluding carboxylic acids is 6. The number of nitrogens with zero attached hydrogens (tertiary/aromatic N) is 4. The second-order valence-corrected chi connectivity index (χ2v) is 14.8. The normalized spacial score (nSPS) is 15.3. The van der Waals surface area contributed by atoms with E-state index in [4.69, 9.17) is 24.4 Å². The molecule has 0 unspecified atom stereocenters. The third-order valence-corrected chi connectivity index (χ3v) is 10.8. The molecular formula is C32H32N8O10S4. The van der Waals surface area contributed by atoms with Crippen LogP contribution in [0.4, 0.5) is 11.4 Å². The van der Waals surface area contributed by atoms with E-state index in [2.05, 4.69) is 21.7 Å². The molecule has 4 rings (SSSR count). The van der Waals surface area contributed by atoms with Gasteiger partial charge in [0.25, 0.3) is 35.0 Å². The Morgan fingerprint density at radius 2 is 0.963 bits per heavy atom. The molecular weight excluding hydrogens is 785 g/mol. The monoisotopic (exact) mass is 816 g/mol. The van der Waals surface area contributed by atoms with E-state index < -0.39 is 56.7 Å². The van der Waals surface area contributed by atoms with Gasteiger partial charge in [-0.1, -0.05) is 85.1 Å². The van der Waals surface area contributed by atoms with Crippen molar-refractivity contribution >= 4 is 103 Å². The minimum atomic E-state index is -0.826. The number of hydrogen-bond donors (Lipinski definition) is 4. The summed E-state index contributed by atoms with van der Waals surface area (Å²) in [5.74, 6) is -3.48. The first-order chi connectivity index (χ1) is 25.8. The van der Waals surface area contributed by atoms with Crippen LogP contribution in [0.1, 0.15) is 72.1 Å². The number of rotatable bonds is 16. The van der Waals surface area contributed by atoms with E-state index in [1.165, 1.54) is 58.3 Å². The molecule has 2 heterocycles. The Labute approximate surface area is 326 Å². The number of benzene rings is 2. The van der Waals surface area contributed by atoms with Crippen LogP contribution in [0.5, 0.6) is 0 Å². The summed E-state index contributed by atoms with van der Waals surface area (Å²) in [5, 5.41) is 22.2. The van der Waals surface area contributed by atoms with E-state index in [0.29, 0.717) is 38.5 Å². The summed E-state index contributed by atoms with van der Waals surface area (Å²) in [5.41, 5.74) is 7.61. The zero-order valence-electron chi connectivity index (χ0n) is 28.2. The maximum Gasteiger partial charge on any atom is 0.282 e. The van der Waals surface area contributed by atoms with Crippen molar-refractivity contribution in [2.45, 2.75) is 51.4 Å².